The Bertz CT molecular complexity index is 1920. The molecule has 11 heteroatoms. The largest absolute Gasteiger partial charge is 0.457 e. The lowest BCUT2D eigenvalue weighted by Crippen LogP contribution is -2.37. The number of hydrogen-bond donors (Lipinski definition) is 0. The zero-order valence-electron chi connectivity index (χ0n) is 25.7. The molecule has 2 aromatic heterocycles. The molecule has 46 heavy (non-hydrogen) atoms. The fraction of sp³-hybridized carbons (Fsp3) is 0.314. The fourth-order valence-electron chi connectivity index (χ4n) is 6.36. The quantitative estimate of drug-likeness (QED) is 0.155. The van der Waals surface area contributed by atoms with Crippen molar-refractivity contribution in [3.05, 3.63) is 92.8 Å². The van der Waals surface area contributed by atoms with Crippen molar-refractivity contribution in [1.82, 2.24) is 14.6 Å². The molecule has 6 rings (SSSR count). The summed E-state index contributed by atoms with van der Waals surface area (Å²) in [5.41, 5.74) is 3.60. The molecule has 0 unspecified atom stereocenters. The third-order valence-corrected chi connectivity index (χ3v) is 9.18. The number of amides is 1. The van der Waals surface area contributed by atoms with Crippen LogP contribution in [0.25, 0.3) is 27.7 Å². The highest BCUT2D eigenvalue weighted by molar-refractivity contribution is 6.42. The average molecular weight is 681 g/mol. The number of aryl methyl sites for hydroxylation is 1. The van der Waals surface area contributed by atoms with Crippen molar-refractivity contribution >= 4 is 69.1 Å². The first-order valence-corrected chi connectivity index (χ1v) is 16.2. The van der Waals surface area contributed by atoms with Gasteiger partial charge in [0.15, 0.2) is 5.76 Å². The van der Waals surface area contributed by atoms with Crippen LogP contribution in [0.5, 0.6) is 0 Å². The Hall–Kier alpha value is -3.85. The summed E-state index contributed by atoms with van der Waals surface area (Å²) in [5, 5.41) is 6.06. The van der Waals surface area contributed by atoms with Crippen LogP contribution in [0.2, 0.25) is 15.1 Å². The van der Waals surface area contributed by atoms with Gasteiger partial charge in [-0.2, -0.15) is 0 Å². The molecular formula is C35H32Cl3N3O5. The van der Waals surface area contributed by atoms with Crippen LogP contribution >= 0.6 is 34.8 Å². The Kier molecular flexibility index (Phi) is 8.65. The van der Waals surface area contributed by atoms with E-state index in [4.69, 9.17) is 44.1 Å². The Balaban J connectivity index is 1.46. The van der Waals surface area contributed by atoms with Gasteiger partial charge in [-0.15, -0.1) is 0 Å². The monoisotopic (exact) mass is 679 g/mol. The van der Waals surface area contributed by atoms with Crippen LogP contribution in [0, 0.1) is 0 Å². The van der Waals surface area contributed by atoms with Gasteiger partial charge in [-0.1, -0.05) is 58.7 Å². The van der Waals surface area contributed by atoms with Gasteiger partial charge in [0.1, 0.15) is 16.9 Å². The summed E-state index contributed by atoms with van der Waals surface area (Å²) < 4.78 is 13.1. The van der Waals surface area contributed by atoms with E-state index in [0.717, 1.165) is 22.1 Å². The number of carbonyl (C=O) groups excluding carboxylic acids is 3. The zero-order valence-corrected chi connectivity index (χ0v) is 27.9. The highest BCUT2D eigenvalue weighted by Crippen LogP contribution is 2.43. The minimum absolute atomic E-state index is 0.138. The molecule has 1 amide bonds. The number of carbonyl (C=O) groups is 3. The molecule has 1 saturated heterocycles. The second kappa shape index (κ2) is 12.4. The smallest absolute Gasteiger partial charge is 0.331 e. The molecule has 238 valence electrons. The van der Waals surface area contributed by atoms with Gasteiger partial charge in [-0.05, 0) is 87.4 Å². The maximum Gasteiger partial charge on any atom is 0.331 e. The molecule has 2 aliphatic rings. The number of benzene rings is 2. The van der Waals surface area contributed by atoms with Gasteiger partial charge >= 0.3 is 5.97 Å². The summed E-state index contributed by atoms with van der Waals surface area (Å²) in [6.07, 6.45) is 7.08. The molecule has 0 saturated carbocycles. The van der Waals surface area contributed by atoms with Crippen molar-refractivity contribution in [1.29, 1.82) is 0 Å². The normalized spacial score (nSPS) is 16.2. The SMILES string of the molecule is C=CC(=O)N1CCC(c2onc(-c3c(Cl)cc(Cl)cc3Cl)c2C(=O)n2cc3c4c(cccc42)/C(=C/C(=O)OC(C)(C)C)CC3)CC1. The summed E-state index contributed by atoms with van der Waals surface area (Å²) >= 11 is 19.5. The van der Waals surface area contributed by atoms with E-state index < -0.39 is 11.6 Å². The number of nitrogens with zero attached hydrogens (tertiary/aromatic N) is 3. The van der Waals surface area contributed by atoms with Gasteiger partial charge in [-0.3, -0.25) is 14.2 Å². The van der Waals surface area contributed by atoms with Crippen molar-refractivity contribution in [3.63, 3.8) is 0 Å². The van der Waals surface area contributed by atoms with Crippen LogP contribution in [0.15, 0.2) is 59.8 Å². The molecule has 0 spiro atoms. The molecular weight excluding hydrogens is 649 g/mol. The molecule has 1 aliphatic heterocycles. The lowest BCUT2D eigenvalue weighted by atomic mass is 9.88. The van der Waals surface area contributed by atoms with E-state index in [2.05, 4.69) is 11.7 Å². The van der Waals surface area contributed by atoms with E-state index in [9.17, 15) is 14.4 Å². The van der Waals surface area contributed by atoms with Crippen molar-refractivity contribution in [2.24, 2.45) is 0 Å². The summed E-state index contributed by atoms with van der Waals surface area (Å²) in [4.78, 5) is 41.4. The van der Waals surface area contributed by atoms with Gasteiger partial charge < -0.3 is 14.2 Å². The van der Waals surface area contributed by atoms with Crippen LogP contribution in [0.4, 0.5) is 0 Å². The highest BCUT2D eigenvalue weighted by atomic mass is 35.5. The standard InChI is InChI=1S/C35H32Cl3N3O5/c1-5-27(42)40-13-11-19(12-14-40)33-31(32(39-46-33)30-24(37)16-22(36)17-25(30)38)34(44)41-18-21-10-9-20(15-28(43)45-35(2,3)4)23-7-6-8-26(41)29(21)23/h5-8,15-19H,1,9-14H2,2-4H3/b20-15+. The van der Waals surface area contributed by atoms with Crippen LogP contribution < -0.4 is 0 Å². The number of rotatable bonds is 5. The topological polar surface area (TPSA) is 94.6 Å². The third-order valence-electron chi connectivity index (χ3n) is 8.36. The average Bonchev–Trinajstić information content (AvgIpc) is 3.60. The maximum atomic E-state index is 14.7. The number of halogens is 3. The summed E-state index contributed by atoms with van der Waals surface area (Å²) in [7, 11) is 0. The molecule has 0 radical (unpaired) electrons. The van der Waals surface area contributed by atoms with Crippen molar-refractivity contribution in [2.45, 2.75) is 58.0 Å². The van der Waals surface area contributed by atoms with Crippen LogP contribution in [0.3, 0.4) is 0 Å². The van der Waals surface area contributed by atoms with Crippen molar-refractivity contribution < 1.29 is 23.6 Å². The number of allylic oxidation sites excluding steroid dienone is 1. The minimum atomic E-state index is -0.614. The Morgan fingerprint density at radius 1 is 1.07 bits per heavy atom. The van der Waals surface area contributed by atoms with Crippen LogP contribution in [-0.4, -0.2) is 51.1 Å². The highest BCUT2D eigenvalue weighted by Gasteiger charge is 2.35. The zero-order chi connectivity index (χ0) is 32.9. The lowest BCUT2D eigenvalue weighted by molar-refractivity contribution is -0.148. The van der Waals surface area contributed by atoms with E-state index >= 15 is 0 Å². The van der Waals surface area contributed by atoms with Crippen LogP contribution in [-0.2, 0) is 20.7 Å². The summed E-state index contributed by atoms with van der Waals surface area (Å²) in [6, 6.07) is 8.79. The summed E-state index contributed by atoms with van der Waals surface area (Å²) in [6.45, 7) is 10.0. The predicted octanol–water partition coefficient (Wildman–Crippen LogP) is 8.51. The van der Waals surface area contributed by atoms with E-state index in [1.54, 1.807) is 27.7 Å². The number of ether oxygens (including phenoxy) is 1. The first kappa shape index (κ1) is 32.1. The van der Waals surface area contributed by atoms with Gasteiger partial charge in [-0.25, -0.2) is 4.79 Å². The van der Waals surface area contributed by atoms with Gasteiger partial charge in [0, 0.05) is 47.3 Å². The second-order valence-electron chi connectivity index (χ2n) is 12.6. The summed E-state index contributed by atoms with van der Waals surface area (Å²) in [5.74, 6) is -0.677. The first-order chi connectivity index (χ1) is 21.9. The van der Waals surface area contributed by atoms with E-state index in [-0.39, 0.29) is 39.0 Å². The number of aromatic nitrogens is 2. The molecule has 2 aromatic carbocycles. The Morgan fingerprint density at radius 3 is 2.41 bits per heavy atom. The number of likely N-dealkylation sites (tertiary alicyclic amines) is 1. The van der Waals surface area contributed by atoms with Crippen molar-refractivity contribution in [2.75, 3.05) is 13.1 Å². The molecule has 3 heterocycles. The number of piperidine rings is 1. The fourth-order valence-corrected chi connectivity index (χ4v) is 7.36. The molecule has 8 nitrogen and oxygen atoms in total. The van der Waals surface area contributed by atoms with Crippen molar-refractivity contribution in [3.8, 4) is 11.3 Å². The molecule has 1 fully saturated rings. The number of hydrogen-bond acceptors (Lipinski definition) is 6. The van der Waals surface area contributed by atoms with E-state index in [0.29, 0.717) is 60.6 Å². The molecule has 0 bridgehead atoms. The van der Waals surface area contributed by atoms with E-state index in [1.807, 2.05) is 45.2 Å². The Morgan fingerprint density at radius 2 is 1.76 bits per heavy atom. The molecule has 0 atom stereocenters. The number of esters is 1. The minimum Gasteiger partial charge on any atom is -0.457 e. The van der Waals surface area contributed by atoms with Gasteiger partial charge in [0.2, 0.25) is 5.91 Å². The van der Waals surface area contributed by atoms with Crippen LogP contribution in [0.1, 0.15) is 73.2 Å². The molecule has 0 N–H and O–H groups in total. The molecule has 4 aromatic rings. The predicted molar refractivity (Wildman–Crippen MR) is 180 cm³/mol. The second-order valence-corrected chi connectivity index (χ2v) is 13.8. The van der Waals surface area contributed by atoms with E-state index in [1.165, 1.54) is 6.08 Å². The molecule has 1 aliphatic carbocycles. The van der Waals surface area contributed by atoms with Gasteiger partial charge in [0.05, 0.1) is 15.6 Å². The van der Waals surface area contributed by atoms with Gasteiger partial charge in [0.25, 0.3) is 5.91 Å². The Labute approximate surface area is 281 Å². The first-order valence-electron chi connectivity index (χ1n) is 15.0. The lowest BCUT2D eigenvalue weighted by Gasteiger charge is -2.30. The maximum absolute atomic E-state index is 14.7. The third kappa shape index (κ3) is 6.01.